The molecule has 0 aliphatic heterocycles. The number of aromatic nitrogens is 6. The van der Waals surface area contributed by atoms with E-state index in [0.717, 1.165) is 16.4 Å². The maximum Gasteiger partial charge on any atom is 0.432 e. The standard InChI is InChI=1S/C9H5BrF3N3.C9H6BrN3O2/c10-7-2-1-5(3-14-7)8-15-4-6(16-8)9(11,12)13;10-7-2-1-5(3-11-7)8-12-4-6(13-8)9(14)15/h1-4H,(H,15,16);1-4H,(H,12,13)(H,14,15). The van der Waals surface area contributed by atoms with Gasteiger partial charge in [0.2, 0.25) is 0 Å². The number of alkyl halides is 3. The zero-order valence-electron chi connectivity index (χ0n) is 15.2. The molecule has 0 unspecified atom stereocenters. The van der Waals surface area contributed by atoms with Crippen molar-refractivity contribution >= 4 is 37.8 Å². The molecular weight excluding hydrogens is 549 g/mol. The van der Waals surface area contributed by atoms with Crippen LogP contribution in [0.5, 0.6) is 0 Å². The molecule has 0 spiro atoms. The Morgan fingerprint density at radius 1 is 0.806 bits per heavy atom. The summed E-state index contributed by atoms with van der Waals surface area (Å²) in [5.41, 5.74) is 0.433. The first-order valence-electron chi connectivity index (χ1n) is 8.28. The van der Waals surface area contributed by atoms with Crippen molar-refractivity contribution in [3.63, 3.8) is 0 Å². The number of carboxylic acid groups (broad SMARTS) is 1. The summed E-state index contributed by atoms with van der Waals surface area (Å²) in [6, 6.07) is 6.81. The van der Waals surface area contributed by atoms with Gasteiger partial charge in [0, 0.05) is 23.5 Å². The number of hydrogen-bond acceptors (Lipinski definition) is 5. The Labute approximate surface area is 189 Å². The van der Waals surface area contributed by atoms with Crippen molar-refractivity contribution < 1.29 is 23.1 Å². The van der Waals surface area contributed by atoms with Crippen molar-refractivity contribution in [3.05, 3.63) is 69.6 Å². The zero-order valence-corrected chi connectivity index (χ0v) is 18.3. The summed E-state index contributed by atoms with van der Waals surface area (Å²) in [6.07, 6.45) is 0.669. The molecule has 13 heteroatoms. The summed E-state index contributed by atoms with van der Waals surface area (Å²) >= 11 is 6.34. The molecule has 0 saturated heterocycles. The largest absolute Gasteiger partial charge is 0.477 e. The van der Waals surface area contributed by atoms with Crippen LogP contribution in [0.15, 0.2) is 58.3 Å². The number of rotatable bonds is 3. The molecule has 4 aromatic heterocycles. The number of pyridine rings is 2. The van der Waals surface area contributed by atoms with Gasteiger partial charge >= 0.3 is 12.1 Å². The van der Waals surface area contributed by atoms with Gasteiger partial charge < -0.3 is 15.1 Å². The normalized spacial score (nSPS) is 11.0. The molecule has 0 bridgehead atoms. The van der Waals surface area contributed by atoms with Crippen molar-refractivity contribution in [2.24, 2.45) is 0 Å². The summed E-state index contributed by atoms with van der Waals surface area (Å²) in [6.45, 7) is 0. The zero-order chi connectivity index (χ0) is 22.6. The number of aromatic amines is 2. The third-order valence-corrected chi connectivity index (χ3v) is 4.63. The molecule has 0 aliphatic carbocycles. The lowest BCUT2D eigenvalue weighted by Crippen LogP contribution is -2.04. The minimum absolute atomic E-state index is 0.0629. The SMILES string of the molecule is FC(F)(F)c1cnc(-c2ccc(Br)nc2)[nH]1.O=C(O)c1cnc(-c2ccc(Br)nc2)[nH]1. The second kappa shape index (κ2) is 9.39. The van der Waals surface area contributed by atoms with Crippen LogP contribution in [-0.2, 0) is 6.18 Å². The van der Waals surface area contributed by atoms with E-state index in [-0.39, 0.29) is 11.5 Å². The number of carboxylic acids is 1. The molecule has 0 saturated carbocycles. The van der Waals surface area contributed by atoms with Crippen LogP contribution < -0.4 is 0 Å². The Kier molecular flexibility index (Phi) is 6.85. The Balaban J connectivity index is 0.000000176. The van der Waals surface area contributed by atoms with E-state index in [1.165, 1.54) is 12.4 Å². The molecule has 0 radical (unpaired) electrons. The van der Waals surface area contributed by atoms with Crippen molar-refractivity contribution in [2.45, 2.75) is 6.18 Å². The predicted octanol–water partition coefficient (Wildman–Crippen LogP) is 5.19. The van der Waals surface area contributed by atoms with E-state index in [4.69, 9.17) is 5.11 Å². The van der Waals surface area contributed by atoms with E-state index in [9.17, 15) is 18.0 Å². The van der Waals surface area contributed by atoms with Crippen LogP contribution in [0.2, 0.25) is 0 Å². The van der Waals surface area contributed by atoms with Gasteiger partial charge in [-0.1, -0.05) is 0 Å². The van der Waals surface area contributed by atoms with Gasteiger partial charge in [-0.15, -0.1) is 0 Å². The summed E-state index contributed by atoms with van der Waals surface area (Å²) in [7, 11) is 0. The summed E-state index contributed by atoms with van der Waals surface area (Å²) in [4.78, 5) is 31.0. The Morgan fingerprint density at radius 3 is 1.71 bits per heavy atom. The minimum Gasteiger partial charge on any atom is -0.477 e. The maximum atomic E-state index is 12.3. The third kappa shape index (κ3) is 5.98. The maximum absolute atomic E-state index is 12.3. The second-order valence-electron chi connectivity index (χ2n) is 5.83. The molecular formula is C18H11Br2F3N6O2. The smallest absolute Gasteiger partial charge is 0.432 e. The fourth-order valence-corrected chi connectivity index (χ4v) is 2.69. The van der Waals surface area contributed by atoms with Crippen molar-refractivity contribution in [2.75, 3.05) is 0 Å². The van der Waals surface area contributed by atoms with E-state index in [2.05, 4.69) is 61.8 Å². The topological polar surface area (TPSA) is 120 Å². The average Bonchev–Trinajstić information content (AvgIpc) is 3.40. The summed E-state index contributed by atoms with van der Waals surface area (Å²) in [5, 5.41) is 8.69. The van der Waals surface area contributed by atoms with Gasteiger partial charge in [0.15, 0.2) is 0 Å². The highest BCUT2D eigenvalue weighted by Crippen LogP contribution is 2.29. The first kappa shape index (κ1) is 22.6. The Morgan fingerprint density at radius 2 is 1.32 bits per heavy atom. The number of aromatic carboxylic acids is 1. The number of H-pyrrole nitrogens is 2. The molecule has 0 aromatic carbocycles. The fourth-order valence-electron chi connectivity index (χ4n) is 2.22. The van der Waals surface area contributed by atoms with Crippen molar-refractivity contribution in [3.8, 4) is 22.8 Å². The van der Waals surface area contributed by atoms with Crippen LogP contribution >= 0.6 is 31.9 Å². The molecule has 3 N–H and O–H groups in total. The molecule has 4 rings (SSSR count). The van der Waals surface area contributed by atoms with Crippen LogP contribution in [0.3, 0.4) is 0 Å². The van der Waals surface area contributed by atoms with Gasteiger partial charge in [0.05, 0.1) is 12.4 Å². The van der Waals surface area contributed by atoms with Crippen molar-refractivity contribution in [1.82, 2.24) is 29.9 Å². The fraction of sp³-hybridized carbons (Fsp3) is 0.0556. The molecule has 4 heterocycles. The molecule has 0 amide bonds. The van der Waals surface area contributed by atoms with Gasteiger partial charge in [0.1, 0.15) is 32.2 Å². The second-order valence-corrected chi connectivity index (χ2v) is 7.46. The number of nitrogens with one attached hydrogen (secondary N) is 2. The molecule has 0 atom stereocenters. The van der Waals surface area contributed by atoms with E-state index < -0.39 is 17.8 Å². The van der Waals surface area contributed by atoms with Crippen LogP contribution in [0.25, 0.3) is 22.8 Å². The predicted molar refractivity (Wildman–Crippen MR) is 111 cm³/mol. The summed E-state index contributed by atoms with van der Waals surface area (Å²) in [5.74, 6) is -0.390. The molecule has 0 fully saturated rings. The Bertz CT molecular complexity index is 1170. The van der Waals surface area contributed by atoms with Crippen LogP contribution in [0.1, 0.15) is 16.2 Å². The van der Waals surface area contributed by atoms with Gasteiger partial charge in [-0.2, -0.15) is 13.2 Å². The highest BCUT2D eigenvalue weighted by atomic mass is 79.9. The number of imidazole rings is 2. The monoisotopic (exact) mass is 558 g/mol. The summed E-state index contributed by atoms with van der Waals surface area (Å²) < 4.78 is 38.2. The first-order valence-corrected chi connectivity index (χ1v) is 9.86. The lowest BCUT2D eigenvalue weighted by Gasteiger charge is -2.01. The minimum atomic E-state index is -4.41. The lowest BCUT2D eigenvalue weighted by atomic mass is 10.3. The van der Waals surface area contributed by atoms with E-state index in [1.54, 1.807) is 30.5 Å². The Hall–Kier alpha value is -3.06. The highest BCUT2D eigenvalue weighted by molar-refractivity contribution is 9.10. The van der Waals surface area contributed by atoms with E-state index >= 15 is 0 Å². The number of nitrogens with zero attached hydrogens (tertiary/aromatic N) is 4. The molecule has 160 valence electrons. The number of carbonyl (C=O) groups is 1. The molecule has 8 nitrogen and oxygen atoms in total. The quantitative estimate of drug-likeness (QED) is 0.297. The van der Waals surface area contributed by atoms with Crippen molar-refractivity contribution in [1.29, 1.82) is 0 Å². The molecule has 4 aromatic rings. The van der Waals surface area contributed by atoms with Crippen LogP contribution in [-0.4, -0.2) is 41.0 Å². The molecule has 0 aliphatic rings. The average molecular weight is 560 g/mol. The molecule has 31 heavy (non-hydrogen) atoms. The first-order chi connectivity index (χ1) is 14.6. The van der Waals surface area contributed by atoms with Gasteiger partial charge in [0.25, 0.3) is 0 Å². The van der Waals surface area contributed by atoms with E-state index in [1.807, 2.05) is 0 Å². The third-order valence-electron chi connectivity index (χ3n) is 3.69. The lowest BCUT2D eigenvalue weighted by molar-refractivity contribution is -0.140. The van der Waals surface area contributed by atoms with Gasteiger partial charge in [-0.05, 0) is 56.1 Å². The van der Waals surface area contributed by atoms with Crippen LogP contribution in [0.4, 0.5) is 13.2 Å². The van der Waals surface area contributed by atoms with E-state index in [0.29, 0.717) is 16.0 Å². The van der Waals surface area contributed by atoms with Gasteiger partial charge in [-0.3, -0.25) is 0 Å². The number of hydrogen-bond donors (Lipinski definition) is 3. The number of halogens is 5. The van der Waals surface area contributed by atoms with Crippen LogP contribution in [0, 0.1) is 0 Å². The highest BCUT2D eigenvalue weighted by Gasteiger charge is 2.33. The van der Waals surface area contributed by atoms with Gasteiger partial charge in [-0.25, -0.2) is 24.7 Å².